The normalized spacial score (nSPS) is 20.0. The molecule has 102 valence electrons. The lowest BCUT2D eigenvalue weighted by Gasteiger charge is -2.27. The summed E-state index contributed by atoms with van der Waals surface area (Å²) < 4.78 is 0. The zero-order valence-electron chi connectivity index (χ0n) is 11.5. The standard InChI is InChI=1S/C13H17N3O2S/c1-9-7-10(16(17)18)5-6-11(9)14-12-15(4)13(2,3)8-19-12/h5-7H,8H2,1-4H3. The Bertz CT molecular complexity index is 555. The first-order valence-corrected chi connectivity index (χ1v) is 7.00. The smallest absolute Gasteiger partial charge is 0.269 e. The summed E-state index contributed by atoms with van der Waals surface area (Å²) in [5.74, 6) is 0.994. The largest absolute Gasteiger partial charge is 0.348 e. The maximum absolute atomic E-state index is 10.7. The van der Waals surface area contributed by atoms with Crippen LogP contribution in [0.5, 0.6) is 0 Å². The Morgan fingerprint density at radius 3 is 2.63 bits per heavy atom. The number of aryl methyl sites for hydroxylation is 1. The minimum Gasteiger partial charge on any atom is -0.348 e. The van der Waals surface area contributed by atoms with E-state index in [4.69, 9.17) is 0 Å². The van der Waals surface area contributed by atoms with Crippen molar-refractivity contribution in [1.29, 1.82) is 0 Å². The first-order valence-electron chi connectivity index (χ1n) is 6.01. The highest BCUT2D eigenvalue weighted by molar-refractivity contribution is 8.14. The minimum absolute atomic E-state index is 0.0954. The zero-order valence-corrected chi connectivity index (χ0v) is 12.3. The van der Waals surface area contributed by atoms with Crippen LogP contribution >= 0.6 is 11.8 Å². The number of thioether (sulfide) groups is 1. The molecular formula is C13H17N3O2S. The van der Waals surface area contributed by atoms with Crippen LogP contribution in [0.3, 0.4) is 0 Å². The van der Waals surface area contributed by atoms with Gasteiger partial charge in [-0.15, -0.1) is 0 Å². The van der Waals surface area contributed by atoms with Crippen LogP contribution in [0, 0.1) is 17.0 Å². The molecule has 0 spiro atoms. The van der Waals surface area contributed by atoms with E-state index in [0.717, 1.165) is 22.2 Å². The van der Waals surface area contributed by atoms with Crippen LogP contribution in [0.1, 0.15) is 19.4 Å². The molecule has 0 saturated carbocycles. The van der Waals surface area contributed by atoms with Crippen LogP contribution in [0.4, 0.5) is 11.4 Å². The average molecular weight is 279 g/mol. The Morgan fingerprint density at radius 1 is 1.47 bits per heavy atom. The van der Waals surface area contributed by atoms with E-state index in [1.807, 2.05) is 14.0 Å². The van der Waals surface area contributed by atoms with Gasteiger partial charge in [-0.25, -0.2) is 4.99 Å². The fraction of sp³-hybridized carbons (Fsp3) is 0.462. The van der Waals surface area contributed by atoms with Crippen LogP contribution < -0.4 is 0 Å². The van der Waals surface area contributed by atoms with E-state index in [1.165, 1.54) is 6.07 Å². The van der Waals surface area contributed by atoms with Crippen molar-refractivity contribution < 1.29 is 4.92 Å². The lowest BCUT2D eigenvalue weighted by Crippen LogP contribution is -2.38. The molecule has 0 aliphatic carbocycles. The van der Waals surface area contributed by atoms with E-state index in [0.29, 0.717) is 0 Å². The minimum atomic E-state index is -0.385. The highest BCUT2D eigenvalue weighted by Gasteiger charge is 2.34. The van der Waals surface area contributed by atoms with E-state index in [-0.39, 0.29) is 16.1 Å². The van der Waals surface area contributed by atoms with Crippen molar-refractivity contribution in [3.63, 3.8) is 0 Å². The van der Waals surface area contributed by atoms with Crippen LogP contribution in [-0.4, -0.2) is 33.3 Å². The summed E-state index contributed by atoms with van der Waals surface area (Å²) in [7, 11) is 2.03. The molecule has 0 atom stereocenters. The molecule has 1 heterocycles. The molecule has 2 rings (SSSR count). The summed E-state index contributed by atoms with van der Waals surface area (Å²) in [6, 6.07) is 4.77. The summed E-state index contributed by atoms with van der Waals surface area (Å²) in [5, 5.41) is 11.7. The summed E-state index contributed by atoms with van der Waals surface area (Å²) in [6.07, 6.45) is 0. The van der Waals surface area contributed by atoms with Crippen molar-refractivity contribution in [3.8, 4) is 0 Å². The van der Waals surface area contributed by atoms with Crippen molar-refractivity contribution in [2.75, 3.05) is 12.8 Å². The molecule has 0 bridgehead atoms. The second kappa shape index (κ2) is 4.85. The van der Waals surface area contributed by atoms with Crippen molar-refractivity contribution in [2.45, 2.75) is 26.3 Å². The molecule has 0 amide bonds. The van der Waals surface area contributed by atoms with E-state index >= 15 is 0 Å². The second-order valence-electron chi connectivity index (χ2n) is 5.28. The monoisotopic (exact) mass is 279 g/mol. The predicted molar refractivity (Wildman–Crippen MR) is 79.2 cm³/mol. The van der Waals surface area contributed by atoms with Gasteiger partial charge in [-0.05, 0) is 32.4 Å². The van der Waals surface area contributed by atoms with Gasteiger partial charge in [-0.2, -0.15) is 0 Å². The van der Waals surface area contributed by atoms with Gasteiger partial charge in [0.2, 0.25) is 0 Å². The van der Waals surface area contributed by atoms with E-state index in [1.54, 1.807) is 23.9 Å². The molecule has 1 aliphatic rings. The van der Waals surface area contributed by atoms with Gasteiger partial charge >= 0.3 is 0 Å². The second-order valence-corrected chi connectivity index (χ2v) is 6.22. The molecule has 1 aromatic carbocycles. The van der Waals surface area contributed by atoms with Crippen LogP contribution in [0.25, 0.3) is 0 Å². The van der Waals surface area contributed by atoms with Gasteiger partial charge in [0.1, 0.15) is 0 Å². The molecular weight excluding hydrogens is 262 g/mol. The first kappa shape index (κ1) is 13.9. The van der Waals surface area contributed by atoms with Crippen LogP contribution in [0.2, 0.25) is 0 Å². The van der Waals surface area contributed by atoms with Gasteiger partial charge in [0.25, 0.3) is 5.69 Å². The van der Waals surface area contributed by atoms with Crippen molar-refractivity contribution in [3.05, 3.63) is 33.9 Å². The SMILES string of the molecule is Cc1cc([N+](=O)[O-])ccc1N=C1SCC(C)(C)N1C. The van der Waals surface area contributed by atoms with E-state index < -0.39 is 0 Å². The molecule has 1 fully saturated rings. The number of rotatable bonds is 2. The number of non-ortho nitro benzene ring substituents is 1. The van der Waals surface area contributed by atoms with Gasteiger partial charge in [0, 0.05) is 30.5 Å². The average Bonchev–Trinajstić information content (AvgIpc) is 2.58. The van der Waals surface area contributed by atoms with Gasteiger partial charge in [-0.1, -0.05) is 11.8 Å². The van der Waals surface area contributed by atoms with Crippen LogP contribution in [-0.2, 0) is 0 Å². The van der Waals surface area contributed by atoms with Gasteiger partial charge in [-0.3, -0.25) is 10.1 Å². The number of hydrogen-bond donors (Lipinski definition) is 0. The Balaban J connectivity index is 2.32. The molecule has 6 heteroatoms. The summed E-state index contributed by atoms with van der Waals surface area (Å²) >= 11 is 1.71. The molecule has 0 unspecified atom stereocenters. The first-order chi connectivity index (χ1) is 8.81. The molecule has 0 radical (unpaired) electrons. The lowest BCUT2D eigenvalue weighted by molar-refractivity contribution is -0.384. The maximum Gasteiger partial charge on any atom is 0.269 e. The Labute approximate surface area is 116 Å². The fourth-order valence-corrected chi connectivity index (χ4v) is 3.06. The van der Waals surface area contributed by atoms with Gasteiger partial charge < -0.3 is 4.90 Å². The fourth-order valence-electron chi connectivity index (χ4n) is 1.78. The van der Waals surface area contributed by atoms with Crippen molar-refractivity contribution in [1.82, 2.24) is 4.90 Å². The number of nitrogens with zero attached hydrogens (tertiary/aromatic N) is 3. The quantitative estimate of drug-likeness (QED) is 0.615. The number of amidine groups is 1. The number of nitro groups is 1. The third-order valence-electron chi connectivity index (χ3n) is 3.36. The number of benzene rings is 1. The van der Waals surface area contributed by atoms with Gasteiger partial charge in [0.15, 0.2) is 5.17 Å². The Hall–Kier alpha value is -1.56. The molecule has 19 heavy (non-hydrogen) atoms. The summed E-state index contributed by atoms with van der Waals surface area (Å²) in [6.45, 7) is 6.19. The van der Waals surface area contributed by atoms with Crippen LogP contribution in [0.15, 0.2) is 23.2 Å². The topological polar surface area (TPSA) is 58.7 Å². The highest BCUT2D eigenvalue weighted by atomic mass is 32.2. The lowest BCUT2D eigenvalue weighted by atomic mass is 10.1. The number of hydrogen-bond acceptors (Lipinski definition) is 4. The summed E-state index contributed by atoms with van der Waals surface area (Å²) in [4.78, 5) is 17.1. The Kier molecular flexibility index (Phi) is 3.54. The summed E-state index contributed by atoms with van der Waals surface area (Å²) in [5.41, 5.74) is 1.81. The third kappa shape index (κ3) is 2.73. The number of aliphatic imine (C=N–C) groups is 1. The Morgan fingerprint density at radius 2 is 2.16 bits per heavy atom. The number of nitro benzene ring substituents is 1. The van der Waals surface area contributed by atoms with Gasteiger partial charge in [0.05, 0.1) is 10.6 Å². The van der Waals surface area contributed by atoms with E-state index in [9.17, 15) is 10.1 Å². The molecule has 5 nitrogen and oxygen atoms in total. The van der Waals surface area contributed by atoms with Crippen molar-refractivity contribution in [2.24, 2.45) is 4.99 Å². The molecule has 1 saturated heterocycles. The predicted octanol–water partition coefficient (Wildman–Crippen LogP) is 3.35. The van der Waals surface area contributed by atoms with E-state index in [2.05, 4.69) is 23.7 Å². The maximum atomic E-state index is 10.7. The molecule has 0 aromatic heterocycles. The molecule has 1 aliphatic heterocycles. The molecule has 1 aromatic rings. The zero-order chi connectivity index (χ0) is 14.2. The van der Waals surface area contributed by atoms with Crippen molar-refractivity contribution >= 4 is 28.3 Å². The highest BCUT2D eigenvalue weighted by Crippen LogP contribution is 2.33. The molecule has 0 N–H and O–H groups in total. The third-order valence-corrected chi connectivity index (χ3v) is 4.83.